The van der Waals surface area contributed by atoms with E-state index in [4.69, 9.17) is 0 Å². The minimum Gasteiger partial charge on any atom is -0.300 e. The maximum absolute atomic E-state index is 11.2. The third kappa shape index (κ3) is 2.93. The average Bonchev–Trinajstić information content (AvgIpc) is 2.78. The van der Waals surface area contributed by atoms with Gasteiger partial charge in [-0.15, -0.1) is 11.3 Å². The summed E-state index contributed by atoms with van der Waals surface area (Å²) >= 11 is 1.64. The Hall–Kier alpha value is -0.740. The van der Waals surface area contributed by atoms with Crippen molar-refractivity contribution in [2.75, 3.05) is 13.1 Å². The normalized spacial score (nSPS) is 22.0. The largest absolute Gasteiger partial charge is 0.300 e. The summed E-state index contributed by atoms with van der Waals surface area (Å²) in [6.07, 6.45) is 2.44. The van der Waals surface area contributed by atoms with Gasteiger partial charge >= 0.3 is 0 Å². The van der Waals surface area contributed by atoms with Gasteiger partial charge in [0.05, 0.1) is 5.01 Å². The summed E-state index contributed by atoms with van der Waals surface area (Å²) in [6.45, 7) is 8.35. The second-order valence-corrected chi connectivity index (χ2v) is 5.94. The molecule has 0 spiro atoms. The molecule has 1 unspecified atom stereocenters. The topological polar surface area (TPSA) is 33.2 Å². The van der Waals surface area contributed by atoms with Gasteiger partial charge in [-0.3, -0.25) is 4.79 Å². The number of hydrogen-bond acceptors (Lipinski definition) is 4. The molecule has 17 heavy (non-hydrogen) atoms. The van der Waals surface area contributed by atoms with Crippen LogP contribution in [0.1, 0.15) is 55.0 Å². The van der Waals surface area contributed by atoms with Gasteiger partial charge in [0.2, 0.25) is 0 Å². The summed E-state index contributed by atoms with van der Waals surface area (Å²) in [4.78, 5) is 18.2. The molecule has 1 atom stereocenters. The van der Waals surface area contributed by atoms with Crippen LogP contribution in [0.25, 0.3) is 0 Å². The van der Waals surface area contributed by atoms with Crippen LogP contribution in [-0.4, -0.2) is 34.8 Å². The van der Waals surface area contributed by atoms with Crippen LogP contribution in [0.4, 0.5) is 0 Å². The van der Waals surface area contributed by atoms with Crippen LogP contribution in [0.2, 0.25) is 0 Å². The maximum atomic E-state index is 11.2. The Morgan fingerprint density at radius 3 is 2.94 bits per heavy atom. The van der Waals surface area contributed by atoms with Crippen LogP contribution >= 0.6 is 11.3 Å². The highest BCUT2D eigenvalue weighted by molar-refractivity contribution is 7.09. The molecule has 1 fully saturated rings. The third-order valence-corrected chi connectivity index (χ3v) is 4.42. The zero-order valence-electron chi connectivity index (χ0n) is 10.8. The van der Waals surface area contributed by atoms with Gasteiger partial charge in [-0.2, -0.15) is 0 Å². The highest BCUT2D eigenvalue weighted by Gasteiger charge is 2.25. The highest BCUT2D eigenvalue weighted by atomic mass is 32.1. The van der Waals surface area contributed by atoms with Crippen molar-refractivity contribution in [3.05, 3.63) is 16.1 Å². The van der Waals surface area contributed by atoms with Crippen molar-refractivity contribution < 1.29 is 4.79 Å². The number of carbonyl (C=O) groups is 1. The third-order valence-electron chi connectivity index (χ3n) is 3.42. The van der Waals surface area contributed by atoms with Crippen LogP contribution in [0, 0.1) is 0 Å². The van der Waals surface area contributed by atoms with E-state index in [1.165, 1.54) is 19.4 Å². The first kappa shape index (κ1) is 12.7. The van der Waals surface area contributed by atoms with E-state index in [9.17, 15) is 4.79 Å². The molecule has 3 nitrogen and oxygen atoms in total. The molecule has 0 N–H and O–H groups in total. The van der Waals surface area contributed by atoms with Crippen LogP contribution in [0.3, 0.4) is 0 Å². The van der Waals surface area contributed by atoms with Gasteiger partial charge in [0.25, 0.3) is 0 Å². The predicted octanol–water partition coefficient (Wildman–Crippen LogP) is 2.93. The number of aromatic nitrogens is 1. The van der Waals surface area contributed by atoms with Crippen molar-refractivity contribution >= 4 is 17.1 Å². The van der Waals surface area contributed by atoms with Gasteiger partial charge in [0, 0.05) is 30.8 Å². The Morgan fingerprint density at radius 1 is 1.59 bits per heavy atom. The molecular weight excluding hydrogens is 232 g/mol. The summed E-state index contributed by atoms with van der Waals surface area (Å²) in [5, 5.41) is 3.03. The first-order chi connectivity index (χ1) is 8.08. The molecule has 94 valence electrons. The van der Waals surface area contributed by atoms with E-state index in [-0.39, 0.29) is 5.78 Å². The molecule has 0 amide bonds. The Balaban J connectivity index is 2.08. The molecule has 1 aromatic rings. The molecule has 1 aliphatic rings. The summed E-state index contributed by atoms with van der Waals surface area (Å²) in [6, 6.07) is 0.602. The van der Waals surface area contributed by atoms with E-state index in [1.54, 1.807) is 18.3 Å². The van der Waals surface area contributed by atoms with Crippen molar-refractivity contribution in [1.82, 2.24) is 9.88 Å². The first-order valence-electron chi connectivity index (χ1n) is 6.28. The van der Waals surface area contributed by atoms with Gasteiger partial charge in [-0.25, -0.2) is 4.98 Å². The van der Waals surface area contributed by atoms with Crippen molar-refractivity contribution in [2.45, 2.75) is 45.6 Å². The Bertz CT molecular complexity index is 400. The van der Waals surface area contributed by atoms with Crippen LogP contribution in [0.15, 0.2) is 5.38 Å². The van der Waals surface area contributed by atoms with Crippen LogP contribution < -0.4 is 0 Å². The molecule has 0 aliphatic carbocycles. The quantitative estimate of drug-likeness (QED) is 0.775. The molecule has 1 aromatic heterocycles. The maximum Gasteiger partial charge on any atom is 0.178 e. The monoisotopic (exact) mass is 252 g/mol. The predicted molar refractivity (Wildman–Crippen MR) is 70.8 cm³/mol. The lowest BCUT2D eigenvalue weighted by atomic mass is 9.98. The zero-order valence-corrected chi connectivity index (χ0v) is 11.6. The van der Waals surface area contributed by atoms with Gasteiger partial charge in [0.1, 0.15) is 5.69 Å². The van der Waals surface area contributed by atoms with E-state index in [0.717, 1.165) is 11.6 Å². The minimum absolute atomic E-state index is 0.0732. The van der Waals surface area contributed by atoms with Gasteiger partial charge in [-0.05, 0) is 33.2 Å². The van der Waals surface area contributed by atoms with Crippen LogP contribution in [0.5, 0.6) is 0 Å². The van der Waals surface area contributed by atoms with E-state index >= 15 is 0 Å². The van der Waals surface area contributed by atoms with E-state index < -0.39 is 0 Å². The van der Waals surface area contributed by atoms with Crippen molar-refractivity contribution in [1.29, 1.82) is 0 Å². The molecule has 2 rings (SSSR count). The number of piperidine rings is 1. The fraction of sp³-hybridized carbons (Fsp3) is 0.692. The van der Waals surface area contributed by atoms with E-state index in [0.29, 0.717) is 17.7 Å². The second-order valence-electron chi connectivity index (χ2n) is 5.06. The molecule has 0 bridgehead atoms. The number of hydrogen-bond donors (Lipinski definition) is 0. The lowest BCUT2D eigenvalue weighted by molar-refractivity contribution is 0.101. The van der Waals surface area contributed by atoms with Crippen molar-refractivity contribution in [3.63, 3.8) is 0 Å². The zero-order chi connectivity index (χ0) is 12.4. The summed E-state index contributed by atoms with van der Waals surface area (Å²) in [5.41, 5.74) is 0.631. The van der Waals surface area contributed by atoms with Gasteiger partial charge in [-0.1, -0.05) is 0 Å². The molecule has 0 aromatic carbocycles. The lowest BCUT2D eigenvalue weighted by Gasteiger charge is -2.34. The summed E-state index contributed by atoms with van der Waals surface area (Å²) in [5.74, 6) is 0.591. The highest BCUT2D eigenvalue weighted by Crippen LogP contribution is 2.30. The molecule has 0 radical (unpaired) electrons. The number of rotatable bonds is 3. The van der Waals surface area contributed by atoms with Crippen LogP contribution in [-0.2, 0) is 0 Å². The van der Waals surface area contributed by atoms with Gasteiger partial charge < -0.3 is 4.90 Å². The second kappa shape index (κ2) is 5.27. The molecular formula is C13H20N2OS. The SMILES string of the molecule is CC(=O)c1csc(C2CCCN(C(C)C)C2)n1. The number of carbonyl (C=O) groups excluding carboxylic acids is 1. The van der Waals surface area contributed by atoms with E-state index in [1.807, 2.05) is 5.38 Å². The fourth-order valence-electron chi connectivity index (χ4n) is 2.31. The molecule has 1 saturated heterocycles. The van der Waals surface area contributed by atoms with Gasteiger partial charge in [0.15, 0.2) is 5.78 Å². The molecule has 1 aliphatic heterocycles. The Kier molecular flexibility index (Phi) is 3.94. The lowest BCUT2D eigenvalue weighted by Crippen LogP contribution is -2.39. The number of Topliss-reactive ketones (excluding diaryl/α,β-unsaturated/α-hetero) is 1. The standard InChI is InChI=1S/C13H20N2OS/c1-9(2)15-6-4-5-11(7-15)13-14-12(8-17-13)10(3)16/h8-9,11H,4-7H2,1-3H3. The summed E-state index contributed by atoms with van der Waals surface area (Å²) in [7, 11) is 0. The summed E-state index contributed by atoms with van der Waals surface area (Å²) < 4.78 is 0. The molecule has 4 heteroatoms. The number of thiazole rings is 1. The smallest absolute Gasteiger partial charge is 0.178 e. The fourth-order valence-corrected chi connectivity index (χ4v) is 3.30. The number of nitrogens with zero attached hydrogens (tertiary/aromatic N) is 2. The number of ketones is 1. The Morgan fingerprint density at radius 2 is 2.35 bits per heavy atom. The van der Waals surface area contributed by atoms with Crippen molar-refractivity contribution in [2.24, 2.45) is 0 Å². The van der Waals surface area contributed by atoms with Crippen molar-refractivity contribution in [3.8, 4) is 0 Å². The van der Waals surface area contributed by atoms with E-state index in [2.05, 4.69) is 23.7 Å². The minimum atomic E-state index is 0.0732. The number of likely N-dealkylation sites (tertiary alicyclic amines) is 1. The molecule has 0 saturated carbocycles. The molecule has 2 heterocycles. The Labute approximate surface area is 107 Å². The average molecular weight is 252 g/mol. The first-order valence-corrected chi connectivity index (χ1v) is 7.16.